The lowest BCUT2D eigenvalue weighted by atomic mass is 9.83. The molecule has 1 spiro atoms. The van der Waals surface area contributed by atoms with E-state index in [0.717, 1.165) is 30.7 Å². The number of hydrogen-bond donors (Lipinski definition) is 0. The van der Waals surface area contributed by atoms with Crippen LogP contribution in [0.15, 0.2) is 18.2 Å². The van der Waals surface area contributed by atoms with Crippen molar-refractivity contribution in [2.45, 2.75) is 43.6 Å². The van der Waals surface area contributed by atoms with Crippen molar-refractivity contribution < 1.29 is 17.9 Å². The number of sulfonamides is 1. The number of pyridine rings is 1. The van der Waals surface area contributed by atoms with E-state index in [1.54, 1.807) is 4.31 Å². The van der Waals surface area contributed by atoms with Gasteiger partial charge in [-0.15, -0.1) is 0 Å². The van der Waals surface area contributed by atoms with E-state index in [4.69, 9.17) is 9.47 Å². The van der Waals surface area contributed by atoms with Crippen molar-refractivity contribution in [2.24, 2.45) is 5.92 Å². The lowest BCUT2D eigenvalue weighted by molar-refractivity contribution is -0.115. The first-order valence-corrected chi connectivity index (χ1v) is 10.1. The minimum Gasteiger partial charge on any atom is -0.375 e. The van der Waals surface area contributed by atoms with E-state index in [9.17, 15) is 8.42 Å². The van der Waals surface area contributed by atoms with Crippen LogP contribution in [0, 0.1) is 12.8 Å². The minimum absolute atomic E-state index is 0.140. The molecule has 1 aliphatic carbocycles. The predicted octanol–water partition coefficient (Wildman–Crippen LogP) is 1.49. The fourth-order valence-corrected chi connectivity index (χ4v) is 5.61. The average molecular weight is 352 g/mol. The van der Waals surface area contributed by atoms with Gasteiger partial charge in [-0.3, -0.25) is 4.98 Å². The van der Waals surface area contributed by atoms with Gasteiger partial charge in [-0.05, 0) is 38.3 Å². The van der Waals surface area contributed by atoms with Crippen molar-refractivity contribution in [3.63, 3.8) is 0 Å². The van der Waals surface area contributed by atoms with Crippen LogP contribution < -0.4 is 0 Å². The summed E-state index contributed by atoms with van der Waals surface area (Å²) in [7, 11) is -3.08. The smallest absolute Gasteiger partial charge is 0.217 e. The van der Waals surface area contributed by atoms with Gasteiger partial charge in [-0.2, -0.15) is 4.31 Å². The molecule has 24 heavy (non-hydrogen) atoms. The van der Waals surface area contributed by atoms with Crippen LogP contribution in [-0.2, 0) is 26.1 Å². The maximum absolute atomic E-state index is 12.3. The Bertz CT molecular complexity index is 711. The fraction of sp³-hybridized carbons (Fsp3) is 0.706. The van der Waals surface area contributed by atoms with Gasteiger partial charge < -0.3 is 9.47 Å². The van der Waals surface area contributed by atoms with Crippen molar-refractivity contribution >= 4 is 10.0 Å². The molecular formula is C17H24N2O4S. The summed E-state index contributed by atoms with van der Waals surface area (Å²) in [6.07, 6.45) is 2.55. The standard InChI is InChI=1S/C17H24N2O4S/c1-13-3-2-4-15(18-13)10-22-9-14-7-8-23-17(14)11-19(12-17)24(20,21)16-5-6-16/h2-4,14,16H,5-12H2,1H3. The Morgan fingerprint density at radius 3 is 2.83 bits per heavy atom. The zero-order valence-corrected chi connectivity index (χ0v) is 14.8. The third kappa shape index (κ3) is 2.98. The Labute approximate surface area is 143 Å². The molecule has 1 atom stereocenters. The molecule has 4 rings (SSSR count). The van der Waals surface area contributed by atoms with E-state index >= 15 is 0 Å². The van der Waals surface area contributed by atoms with Gasteiger partial charge in [0.05, 0.1) is 24.2 Å². The molecule has 2 aliphatic heterocycles. The highest BCUT2D eigenvalue weighted by molar-refractivity contribution is 7.90. The van der Waals surface area contributed by atoms with Gasteiger partial charge in [0.25, 0.3) is 0 Å². The molecule has 3 aliphatic rings. The molecule has 0 radical (unpaired) electrons. The number of rotatable bonds is 6. The highest BCUT2D eigenvalue weighted by Gasteiger charge is 2.58. The molecule has 6 nitrogen and oxygen atoms in total. The van der Waals surface area contributed by atoms with Gasteiger partial charge in [-0.1, -0.05) is 6.07 Å². The van der Waals surface area contributed by atoms with Gasteiger partial charge in [-0.25, -0.2) is 8.42 Å². The van der Waals surface area contributed by atoms with Crippen molar-refractivity contribution in [1.29, 1.82) is 0 Å². The molecule has 3 heterocycles. The summed E-state index contributed by atoms with van der Waals surface area (Å²) in [6.45, 7) is 4.71. The summed E-state index contributed by atoms with van der Waals surface area (Å²) in [4.78, 5) is 4.43. The second-order valence-corrected chi connectivity index (χ2v) is 9.41. The first-order chi connectivity index (χ1) is 11.5. The maximum atomic E-state index is 12.3. The highest BCUT2D eigenvalue weighted by Crippen LogP contribution is 2.44. The highest BCUT2D eigenvalue weighted by atomic mass is 32.2. The van der Waals surface area contributed by atoms with Gasteiger partial charge in [0.1, 0.15) is 5.60 Å². The first-order valence-electron chi connectivity index (χ1n) is 8.63. The molecule has 1 saturated carbocycles. The van der Waals surface area contributed by atoms with E-state index in [2.05, 4.69) is 4.98 Å². The molecule has 0 N–H and O–H groups in total. The molecule has 0 amide bonds. The fourth-order valence-electron chi connectivity index (χ4n) is 3.66. The normalized spacial score (nSPS) is 26.6. The molecule has 1 unspecified atom stereocenters. The Kier molecular flexibility index (Phi) is 4.15. The summed E-state index contributed by atoms with van der Waals surface area (Å²) >= 11 is 0. The Morgan fingerprint density at radius 1 is 1.33 bits per heavy atom. The van der Waals surface area contributed by atoms with Gasteiger partial charge in [0.15, 0.2) is 0 Å². The molecule has 132 valence electrons. The van der Waals surface area contributed by atoms with Crippen molar-refractivity contribution in [1.82, 2.24) is 9.29 Å². The zero-order chi connectivity index (χ0) is 16.8. The lowest BCUT2D eigenvalue weighted by Crippen LogP contribution is -2.67. The number of aromatic nitrogens is 1. The van der Waals surface area contributed by atoms with E-state index in [1.165, 1.54) is 0 Å². The molecule has 0 aromatic carbocycles. The third-order valence-electron chi connectivity index (χ3n) is 5.31. The average Bonchev–Trinajstić information content (AvgIpc) is 3.27. The molecule has 2 saturated heterocycles. The van der Waals surface area contributed by atoms with Gasteiger partial charge in [0, 0.05) is 31.3 Å². The minimum atomic E-state index is -3.08. The van der Waals surface area contributed by atoms with Crippen molar-refractivity contribution in [2.75, 3.05) is 26.3 Å². The van der Waals surface area contributed by atoms with Crippen LogP contribution in [0.25, 0.3) is 0 Å². The number of ether oxygens (including phenoxy) is 2. The summed E-state index contributed by atoms with van der Waals surface area (Å²) < 4.78 is 38.0. The van der Waals surface area contributed by atoms with Crippen LogP contribution in [-0.4, -0.2) is 54.9 Å². The van der Waals surface area contributed by atoms with Crippen molar-refractivity contribution in [3.05, 3.63) is 29.6 Å². The predicted molar refractivity (Wildman–Crippen MR) is 88.9 cm³/mol. The molecular weight excluding hydrogens is 328 g/mol. The Balaban J connectivity index is 1.31. The van der Waals surface area contributed by atoms with Crippen molar-refractivity contribution in [3.8, 4) is 0 Å². The molecule has 1 aromatic rings. The summed E-state index contributed by atoms with van der Waals surface area (Å²) in [5.41, 5.74) is 1.58. The van der Waals surface area contributed by atoms with E-state index in [1.807, 2.05) is 25.1 Å². The number of hydrogen-bond acceptors (Lipinski definition) is 5. The van der Waals surface area contributed by atoms with Crippen LogP contribution in [0.3, 0.4) is 0 Å². The van der Waals surface area contributed by atoms with Gasteiger partial charge in [0.2, 0.25) is 10.0 Å². The van der Waals surface area contributed by atoms with Crippen LogP contribution in [0.1, 0.15) is 30.7 Å². The molecule has 0 bridgehead atoms. The molecule has 3 fully saturated rings. The maximum Gasteiger partial charge on any atom is 0.217 e. The number of nitrogens with zero attached hydrogens (tertiary/aromatic N) is 2. The first kappa shape index (κ1) is 16.4. The molecule has 1 aromatic heterocycles. The van der Waals surface area contributed by atoms with Crippen LogP contribution >= 0.6 is 0 Å². The SMILES string of the molecule is Cc1cccc(COCC2CCOC23CN(S(=O)(=O)C2CC2)C3)n1. The van der Waals surface area contributed by atoms with E-state index in [0.29, 0.717) is 32.9 Å². The summed E-state index contributed by atoms with van der Waals surface area (Å²) in [5.74, 6) is 0.257. The van der Waals surface area contributed by atoms with E-state index in [-0.39, 0.29) is 16.8 Å². The lowest BCUT2D eigenvalue weighted by Gasteiger charge is -2.49. The summed E-state index contributed by atoms with van der Waals surface area (Å²) in [5, 5.41) is -0.140. The second-order valence-electron chi connectivity index (χ2n) is 7.20. The van der Waals surface area contributed by atoms with Gasteiger partial charge >= 0.3 is 0 Å². The Hall–Kier alpha value is -1.02. The second kappa shape index (κ2) is 6.05. The van der Waals surface area contributed by atoms with Crippen LogP contribution in [0.2, 0.25) is 0 Å². The van der Waals surface area contributed by atoms with Crippen LogP contribution in [0.4, 0.5) is 0 Å². The Morgan fingerprint density at radius 2 is 2.12 bits per heavy atom. The zero-order valence-electron chi connectivity index (χ0n) is 14.0. The number of aryl methyl sites for hydroxylation is 1. The third-order valence-corrected chi connectivity index (χ3v) is 7.60. The van der Waals surface area contributed by atoms with Crippen LogP contribution in [0.5, 0.6) is 0 Å². The summed E-state index contributed by atoms with van der Waals surface area (Å²) in [6, 6.07) is 5.90. The quantitative estimate of drug-likeness (QED) is 0.776. The van der Waals surface area contributed by atoms with E-state index < -0.39 is 10.0 Å². The topological polar surface area (TPSA) is 68.7 Å². The molecule has 7 heteroatoms. The monoisotopic (exact) mass is 352 g/mol. The largest absolute Gasteiger partial charge is 0.375 e.